The summed E-state index contributed by atoms with van der Waals surface area (Å²) in [6.45, 7) is 10.5. The Kier molecular flexibility index (Phi) is 4.49. The lowest BCUT2D eigenvalue weighted by Gasteiger charge is -2.61. The molecule has 108 valence electrons. The minimum Gasteiger partial charge on any atom is -0.365 e. The maximum atomic E-state index is 10.8. The van der Waals surface area contributed by atoms with Crippen LogP contribution in [0.1, 0.15) is 53.9 Å². The number of aliphatic hydroxyl groups is 1. The van der Waals surface area contributed by atoms with Crippen LogP contribution < -0.4 is 0 Å². The van der Waals surface area contributed by atoms with Gasteiger partial charge in [-0.05, 0) is 26.7 Å². The summed E-state index contributed by atoms with van der Waals surface area (Å²) in [5, 5.41) is 12.9. The molecule has 0 radical (unpaired) electrons. The molecule has 1 rings (SSSR count). The summed E-state index contributed by atoms with van der Waals surface area (Å²) in [5.41, 5.74) is -0.473. The van der Waals surface area contributed by atoms with Gasteiger partial charge in [0, 0.05) is 25.0 Å². The highest BCUT2D eigenvalue weighted by Crippen LogP contribution is 2.50. The lowest BCUT2D eigenvalue weighted by Crippen LogP contribution is -2.71. The van der Waals surface area contributed by atoms with Gasteiger partial charge in [0.2, 0.25) is 0 Å². The molecule has 0 aromatic carbocycles. The highest BCUT2D eigenvalue weighted by atomic mass is 16.7. The molecule has 4 unspecified atom stereocenters. The van der Waals surface area contributed by atoms with E-state index in [2.05, 4.69) is 32.8 Å². The minimum absolute atomic E-state index is 0.0282. The van der Waals surface area contributed by atoms with E-state index in [1.54, 1.807) is 14.2 Å². The topological polar surface area (TPSA) is 41.9 Å². The van der Waals surface area contributed by atoms with Gasteiger partial charge in [-0.15, -0.1) is 0 Å². The van der Waals surface area contributed by atoms with Crippen LogP contribution in [0.25, 0.3) is 0 Å². The fourth-order valence-corrected chi connectivity index (χ4v) is 3.45. The minimum atomic E-state index is -1.09. The fourth-order valence-electron chi connectivity index (χ4n) is 3.45. The van der Waals surface area contributed by atoms with Crippen LogP contribution >= 0.6 is 0 Å². The number of rotatable bonds is 4. The molecule has 0 amide bonds. The lowest BCUT2D eigenvalue weighted by molar-refractivity contribution is -0.366. The molecule has 0 bridgehead atoms. The second kappa shape index (κ2) is 5.08. The molecule has 4 atom stereocenters. The van der Waals surface area contributed by atoms with E-state index in [0.717, 1.165) is 12.8 Å². The van der Waals surface area contributed by atoms with Crippen LogP contribution in [0.3, 0.4) is 0 Å². The van der Waals surface area contributed by atoms with Crippen molar-refractivity contribution < 1.29 is 14.7 Å². The van der Waals surface area contributed by atoms with Crippen molar-refractivity contribution in [2.24, 2.45) is 5.92 Å². The predicted octanol–water partition coefficient (Wildman–Crippen LogP) is 2.56. The SMILES string of the molecule is CCC1(C)CC(O)(OC)C(C)C(C)(CC)N1OC. The number of hydrogen-bond donors (Lipinski definition) is 1. The Morgan fingerprint density at radius 2 is 1.78 bits per heavy atom. The van der Waals surface area contributed by atoms with Crippen LogP contribution in [0, 0.1) is 5.92 Å². The Labute approximate surface area is 111 Å². The number of nitrogens with zero attached hydrogens (tertiary/aromatic N) is 1. The lowest BCUT2D eigenvalue weighted by atomic mass is 9.67. The number of hydrogen-bond acceptors (Lipinski definition) is 4. The van der Waals surface area contributed by atoms with Gasteiger partial charge in [0.25, 0.3) is 0 Å². The van der Waals surface area contributed by atoms with E-state index < -0.39 is 5.79 Å². The number of piperidine rings is 1. The van der Waals surface area contributed by atoms with E-state index in [-0.39, 0.29) is 17.0 Å². The normalized spacial score (nSPS) is 46.3. The van der Waals surface area contributed by atoms with E-state index in [1.165, 1.54) is 0 Å². The van der Waals surface area contributed by atoms with Crippen molar-refractivity contribution in [3.05, 3.63) is 0 Å². The van der Waals surface area contributed by atoms with Gasteiger partial charge in [0.1, 0.15) is 0 Å². The van der Waals surface area contributed by atoms with Crippen LogP contribution in [0.5, 0.6) is 0 Å². The molecule has 1 aliphatic heterocycles. The summed E-state index contributed by atoms with van der Waals surface area (Å²) < 4.78 is 5.45. The molecule has 0 aliphatic carbocycles. The van der Waals surface area contributed by atoms with E-state index in [4.69, 9.17) is 9.57 Å². The average Bonchev–Trinajstić information content (AvgIpc) is 2.36. The molecule has 0 aromatic heterocycles. The van der Waals surface area contributed by atoms with E-state index in [0.29, 0.717) is 6.42 Å². The van der Waals surface area contributed by atoms with Crippen molar-refractivity contribution in [3.8, 4) is 0 Å². The van der Waals surface area contributed by atoms with Gasteiger partial charge < -0.3 is 14.7 Å². The molecule has 0 spiro atoms. The molecule has 0 saturated carbocycles. The molecule has 1 aliphatic rings. The van der Waals surface area contributed by atoms with Crippen LogP contribution in [-0.2, 0) is 9.57 Å². The summed E-state index contributed by atoms with van der Waals surface area (Å²) in [4.78, 5) is 5.68. The van der Waals surface area contributed by atoms with Gasteiger partial charge in [-0.3, -0.25) is 0 Å². The van der Waals surface area contributed by atoms with Gasteiger partial charge in [-0.2, -0.15) is 5.06 Å². The van der Waals surface area contributed by atoms with Crippen molar-refractivity contribution >= 4 is 0 Å². The highest BCUT2D eigenvalue weighted by Gasteiger charge is 2.59. The number of hydroxylamine groups is 2. The molecule has 1 N–H and O–H groups in total. The molecule has 4 nitrogen and oxygen atoms in total. The van der Waals surface area contributed by atoms with Crippen molar-refractivity contribution in [2.45, 2.75) is 70.7 Å². The summed E-state index contributed by atoms with van der Waals surface area (Å²) >= 11 is 0. The van der Waals surface area contributed by atoms with Crippen molar-refractivity contribution in [1.82, 2.24) is 5.06 Å². The largest absolute Gasteiger partial charge is 0.365 e. The summed E-state index contributed by atoms with van der Waals surface area (Å²) in [5.74, 6) is -1.12. The number of methoxy groups -OCH3 is 1. The van der Waals surface area contributed by atoms with E-state index in [9.17, 15) is 5.11 Å². The zero-order valence-electron chi connectivity index (χ0n) is 12.9. The smallest absolute Gasteiger partial charge is 0.171 e. The first-order valence-electron chi connectivity index (χ1n) is 6.86. The number of ether oxygens (including phenoxy) is 1. The molecule has 1 saturated heterocycles. The third-order valence-electron chi connectivity index (χ3n) is 5.21. The Morgan fingerprint density at radius 3 is 2.11 bits per heavy atom. The first kappa shape index (κ1) is 15.9. The van der Waals surface area contributed by atoms with Crippen LogP contribution in [0.15, 0.2) is 0 Å². The van der Waals surface area contributed by atoms with Crippen LogP contribution in [-0.4, -0.2) is 41.3 Å². The second-order valence-corrected chi connectivity index (χ2v) is 5.99. The zero-order valence-corrected chi connectivity index (χ0v) is 12.9. The van der Waals surface area contributed by atoms with Gasteiger partial charge in [-0.1, -0.05) is 20.8 Å². The molecule has 1 fully saturated rings. The van der Waals surface area contributed by atoms with Crippen molar-refractivity contribution in [3.63, 3.8) is 0 Å². The van der Waals surface area contributed by atoms with E-state index in [1.807, 2.05) is 6.92 Å². The molecular weight excluding hydrogens is 230 g/mol. The Hall–Kier alpha value is -0.160. The molecular formula is C14H29NO3. The summed E-state index contributed by atoms with van der Waals surface area (Å²) in [6, 6.07) is 0. The van der Waals surface area contributed by atoms with Gasteiger partial charge in [0.05, 0.1) is 12.6 Å². The maximum absolute atomic E-state index is 10.8. The summed E-state index contributed by atoms with van der Waals surface area (Å²) in [6.07, 6.45) is 2.34. The average molecular weight is 259 g/mol. The van der Waals surface area contributed by atoms with Crippen LogP contribution in [0.2, 0.25) is 0 Å². The van der Waals surface area contributed by atoms with E-state index >= 15 is 0 Å². The zero-order chi connectivity index (χ0) is 14.2. The third-order valence-corrected chi connectivity index (χ3v) is 5.21. The Balaban J connectivity index is 3.29. The highest BCUT2D eigenvalue weighted by molar-refractivity contribution is 5.06. The van der Waals surface area contributed by atoms with Gasteiger partial charge in [-0.25, -0.2) is 0 Å². The second-order valence-electron chi connectivity index (χ2n) is 5.99. The third kappa shape index (κ3) is 2.09. The van der Waals surface area contributed by atoms with Crippen molar-refractivity contribution in [1.29, 1.82) is 0 Å². The standard InChI is InChI=1S/C14H29NO3/c1-8-12(4)10-14(16,17-6)11(3)13(5,9-2)15(12)18-7/h11,16H,8-10H2,1-7H3. The Morgan fingerprint density at radius 1 is 1.22 bits per heavy atom. The summed E-state index contributed by atoms with van der Waals surface area (Å²) in [7, 11) is 3.30. The monoisotopic (exact) mass is 259 g/mol. The predicted molar refractivity (Wildman–Crippen MR) is 72.0 cm³/mol. The van der Waals surface area contributed by atoms with Gasteiger partial charge >= 0.3 is 0 Å². The fraction of sp³-hybridized carbons (Fsp3) is 1.00. The quantitative estimate of drug-likeness (QED) is 0.788. The Bertz CT molecular complexity index is 299. The molecule has 1 heterocycles. The molecule has 18 heavy (non-hydrogen) atoms. The van der Waals surface area contributed by atoms with Crippen LogP contribution in [0.4, 0.5) is 0 Å². The maximum Gasteiger partial charge on any atom is 0.171 e. The van der Waals surface area contributed by atoms with Crippen molar-refractivity contribution in [2.75, 3.05) is 14.2 Å². The molecule has 4 heteroatoms. The first-order chi connectivity index (χ1) is 8.24. The van der Waals surface area contributed by atoms with Gasteiger partial charge in [0.15, 0.2) is 5.79 Å². The first-order valence-corrected chi connectivity index (χ1v) is 6.86. The molecule has 0 aromatic rings.